The summed E-state index contributed by atoms with van der Waals surface area (Å²) in [5.74, 6) is 0. The first-order chi connectivity index (χ1) is 10.6. The van der Waals surface area contributed by atoms with Crippen molar-refractivity contribution in [3.05, 3.63) is 137 Å². The van der Waals surface area contributed by atoms with Crippen molar-refractivity contribution in [3.63, 3.8) is 0 Å². The van der Waals surface area contributed by atoms with Crippen molar-refractivity contribution in [2.45, 2.75) is 27.7 Å². The number of aryl methyl sites for hydroxylation is 4. The van der Waals surface area contributed by atoms with Crippen LogP contribution in [-0.2, 0) is 164 Å². The zero-order valence-corrected chi connectivity index (χ0v) is 35.2. The quantitative estimate of drug-likeness (QED) is 0.202. The Bertz CT molecular complexity index is 547. The summed E-state index contributed by atoms with van der Waals surface area (Å²) in [7, 11) is 0. The molecular formula is C26H38Y5-4. The van der Waals surface area contributed by atoms with E-state index in [1.165, 1.54) is 22.3 Å². The van der Waals surface area contributed by atoms with Crippen molar-refractivity contribution >= 4 is 0 Å². The topological polar surface area (TPSA) is 0 Å². The van der Waals surface area contributed by atoms with Crippen LogP contribution in [0, 0.1) is 57.4 Å². The van der Waals surface area contributed by atoms with Crippen LogP contribution >= 0.6 is 0 Å². The van der Waals surface area contributed by atoms with Gasteiger partial charge >= 0.3 is 0 Å². The van der Waals surface area contributed by atoms with Gasteiger partial charge in [0.1, 0.15) is 0 Å². The van der Waals surface area contributed by atoms with Gasteiger partial charge in [0.15, 0.2) is 0 Å². The molecule has 0 amide bonds. The first-order valence-corrected chi connectivity index (χ1v) is 7.65. The van der Waals surface area contributed by atoms with Crippen LogP contribution < -0.4 is 0 Å². The zero-order valence-electron chi connectivity index (χ0n) is 21.0. The predicted molar refractivity (Wildman–Crippen MR) is 124 cm³/mol. The molecule has 0 saturated heterocycles. The van der Waals surface area contributed by atoms with Gasteiger partial charge in [-0.1, -0.05) is 84.9 Å². The fourth-order valence-corrected chi connectivity index (χ4v) is 1.71. The number of hydrogen-bond acceptors (Lipinski definition) is 0. The van der Waals surface area contributed by atoms with Crippen LogP contribution in [-0.4, -0.2) is 0 Å². The van der Waals surface area contributed by atoms with Gasteiger partial charge in [-0.15, -0.1) is 0 Å². The summed E-state index contributed by atoms with van der Waals surface area (Å²) >= 11 is 0. The van der Waals surface area contributed by atoms with E-state index in [4.69, 9.17) is 0 Å². The molecule has 0 aliphatic carbocycles. The second-order valence-corrected chi connectivity index (χ2v) is 5.32. The number of hydrogen-bond donors (Lipinski definition) is 0. The number of rotatable bonds is 0. The van der Waals surface area contributed by atoms with Gasteiger partial charge < -0.3 is 29.7 Å². The maximum Gasteiger partial charge on any atom is 0 e. The van der Waals surface area contributed by atoms with Gasteiger partial charge in [-0.2, -0.15) is 0 Å². The van der Waals surface area contributed by atoms with E-state index in [2.05, 4.69) is 76.2 Å². The molecule has 161 valence electrons. The predicted octanol–water partition coefficient (Wildman–Crippen LogP) is 8.08. The molecule has 0 fully saturated rings. The molecule has 0 spiro atoms. The molecular weight excluding hydrogens is 757 g/mol. The molecule has 0 aliphatic rings. The number of benzene rings is 3. The van der Waals surface area contributed by atoms with Gasteiger partial charge in [0, 0.05) is 164 Å². The third kappa shape index (κ3) is 33.2. The largest absolute Gasteiger partial charge is 0.358 e. The minimum absolute atomic E-state index is 0. The molecule has 0 aliphatic heterocycles. The SMILES string of the molecule is Cc1ccccc1C.Cc1ccccc1C.[CH3-].[CH3-].[CH3-].[CH3-].[Y].[Y].[Y].[Y].[Y].c1ccccc1. The molecule has 0 heterocycles. The van der Waals surface area contributed by atoms with Gasteiger partial charge in [-0.3, -0.25) is 0 Å². The van der Waals surface area contributed by atoms with Crippen molar-refractivity contribution in [2.75, 3.05) is 0 Å². The summed E-state index contributed by atoms with van der Waals surface area (Å²) < 4.78 is 0. The minimum Gasteiger partial charge on any atom is -0.358 e. The average molecular weight is 795 g/mol. The maximum absolute atomic E-state index is 2.12. The molecule has 0 saturated carbocycles. The van der Waals surface area contributed by atoms with E-state index in [0.29, 0.717) is 0 Å². The van der Waals surface area contributed by atoms with Gasteiger partial charge in [0.2, 0.25) is 0 Å². The summed E-state index contributed by atoms with van der Waals surface area (Å²) in [6.07, 6.45) is 0. The second kappa shape index (κ2) is 40.4. The molecule has 0 atom stereocenters. The molecule has 0 unspecified atom stereocenters. The van der Waals surface area contributed by atoms with Crippen molar-refractivity contribution < 1.29 is 164 Å². The van der Waals surface area contributed by atoms with Crippen LogP contribution in [0.3, 0.4) is 0 Å². The third-order valence-electron chi connectivity index (χ3n) is 3.52. The molecule has 31 heavy (non-hydrogen) atoms. The van der Waals surface area contributed by atoms with Gasteiger partial charge in [0.25, 0.3) is 0 Å². The average Bonchev–Trinajstić information content (AvgIpc) is 2.56. The summed E-state index contributed by atoms with van der Waals surface area (Å²) in [6.45, 7) is 8.48. The molecule has 5 heteroatoms. The van der Waals surface area contributed by atoms with Crippen LogP contribution in [0.25, 0.3) is 0 Å². The van der Waals surface area contributed by atoms with Crippen molar-refractivity contribution in [1.82, 2.24) is 0 Å². The summed E-state index contributed by atoms with van der Waals surface area (Å²) in [6, 6.07) is 28.7. The van der Waals surface area contributed by atoms with Crippen molar-refractivity contribution in [3.8, 4) is 0 Å². The fourth-order valence-electron chi connectivity index (χ4n) is 1.71. The van der Waals surface area contributed by atoms with Crippen molar-refractivity contribution in [1.29, 1.82) is 0 Å². The molecule has 5 radical (unpaired) electrons. The van der Waals surface area contributed by atoms with E-state index < -0.39 is 0 Å². The molecule has 3 rings (SSSR count). The van der Waals surface area contributed by atoms with Gasteiger partial charge in [-0.25, -0.2) is 0 Å². The van der Waals surface area contributed by atoms with Gasteiger partial charge in [-0.05, 0) is 49.9 Å². The first kappa shape index (κ1) is 59.3. The first-order valence-electron chi connectivity index (χ1n) is 7.65. The molecule has 3 aromatic carbocycles. The van der Waals surface area contributed by atoms with Crippen LogP contribution in [0.2, 0.25) is 0 Å². The Hall–Kier alpha value is 3.18. The van der Waals surface area contributed by atoms with E-state index in [1.807, 2.05) is 36.4 Å². The Labute approximate surface area is 321 Å². The molecule has 3 aromatic rings. The Morgan fingerprint density at radius 1 is 0.290 bits per heavy atom. The Morgan fingerprint density at radius 3 is 0.516 bits per heavy atom. The zero-order chi connectivity index (χ0) is 16.2. The summed E-state index contributed by atoms with van der Waals surface area (Å²) in [4.78, 5) is 0. The van der Waals surface area contributed by atoms with Crippen LogP contribution in [0.15, 0.2) is 84.9 Å². The standard InChI is InChI=1S/2C8H10.C6H6.4CH3.5Y/c2*1-7-5-3-4-6-8(7)2;1-2-4-6-5-3-1;;;;;;;;;/h2*3-6H,1-2H3;1-6H;4*1H3;;;;;/q;;;4*-1;;;;;. The third-order valence-corrected chi connectivity index (χ3v) is 3.52. The minimum atomic E-state index is 0. The van der Waals surface area contributed by atoms with E-state index in [0.717, 1.165) is 0 Å². The Morgan fingerprint density at radius 2 is 0.419 bits per heavy atom. The van der Waals surface area contributed by atoms with Crippen molar-refractivity contribution in [2.24, 2.45) is 0 Å². The van der Waals surface area contributed by atoms with E-state index in [-0.39, 0.29) is 193 Å². The smallest absolute Gasteiger partial charge is 0 e. The Kier molecular flexibility index (Phi) is 77.3. The Balaban J connectivity index is -0.0000000294. The van der Waals surface area contributed by atoms with Gasteiger partial charge in [0.05, 0.1) is 0 Å². The molecule has 0 nitrogen and oxygen atoms in total. The molecule has 0 bridgehead atoms. The van der Waals surface area contributed by atoms with Crippen LogP contribution in [0.5, 0.6) is 0 Å². The summed E-state index contributed by atoms with van der Waals surface area (Å²) in [5, 5.41) is 0. The monoisotopic (exact) mass is 795 g/mol. The molecule has 0 N–H and O–H groups in total. The fraction of sp³-hybridized carbons (Fsp3) is 0.154. The van der Waals surface area contributed by atoms with E-state index in [1.54, 1.807) is 0 Å². The second-order valence-electron chi connectivity index (χ2n) is 5.32. The maximum atomic E-state index is 2.12. The summed E-state index contributed by atoms with van der Waals surface area (Å²) in [5.41, 5.74) is 5.47. The van der Waals surface area contributed by atoms with E-state index >= 15 is 0 Å². The van der Waals surface area contributed by atoms with E-state index in [9.17, 15) is 0 Å². The van der Waals surface area contributed by atoms with Crippen LogP contribution in [0.1, 0.15) is 22.3 Å². The van der Waals surface area contributed by atoms with Crippen LogP contribution in [0.4, 0.5) is 0 Å². The normalized spacial score (nSPS) is 6.32. The molecule has 0 aromatic heterocycles.